The Morgan fingerprint density at radius 3 is 2.68 bits per heavy atom. The molecule has 1 N–H and O–H groups in total. The van der Waals surface area contributed by atoms with Gasteiger partial charge in [-0.2, -0.15) is 0 Å². The van der Waals surface area contributed by atoms with Gasteiger partial charge in [-0.25, -0.2) is 4.39 Å². The molecule has 0 amide bonds. The van der Waals surface area contributed by atoms with Crippen molar-refractivity contribution in [3.63, 3.8) is 0 Å². The first kappa shape index (κ1) is 13.3. The van der Waals surface area contributed by atoms with Crippen molar-refractivity contribution in [3.8, 4) is 5.75 Å². The van der Waals surface area contributed by atoms with Crippen LogP contribution in [-0.2, 0) is 6.61 Å². The Balaban J connectivity index is 2.08. The topological polar surface area (TPSA) is 29.5 Å². The lowest BCUT2D eigenvalue weighted by Gasteiger charge is -2.09. The third-order valence-electron chi connectivity index (χ3n) is 2.79. The normalized spacial score (nSPS) is 10.2. The van der Waals surface area contributed by atoms with Gasteiger partial charge in [-0.05, 0) is 29.3 Å². The van der Waals surface area contributed by atoms with E-state index < -0.39 is 0 Å². The lowest BCUT2D eigenvalue weighted by molar-refractivity contribution is 0.299. The van der Waals surface area contributed by atoms with Crippen LogP contribution in [-0.4, -0.2) is 11.7 Å². The largest absolute Gasteiger partial charge is 0.489 e. The molecule has 0 fully saturated rings. The van der Waals surface area contributed by atoms with E-state index in [4.69, 9.17) is 9.84 Å². The van der Waals surface area contributed by atoms with Crippen LogP contribution in [0.5, 0.6) is 5.75 Å². The van der Waals surface area contributed by atoms with E-state index in [9.17, 15) is 4.39 Å². The molecule has 0 heterocycles. The summed E-state index contributed by atoms with van der Waals surface area (Å²) in [6.07, 6.45) is 0. The first-order valence-electron chi connectivity index (χ1n) is 5.96. The minimum absolute atomic E-state index is 0.100. The summed E-state index contributed by atoms with van der Waals surface area (Å²) in [5.74, 6) is 0.341. The van der Waals surface area contributed by atoms with Crippen molar-refractivity contribution >= 4 is 5.57 Å². The van der Waals surface area contributed by atoms with Gasteiger partial charge in [0.15, 0.2) is 0 Å². The third-order valence-corrected chi connectivity index (χ3v) is 2.79. The van der Waals surface area contributed by atoms with Crippen LogP contribution in [0.25, 0.3) is 5.57 Å². The molecule has 2 nitrogen and oxygen atoms in total. The van der Waals surface area contributed by atoms with Gasteiger partial charge in [0.2, 0.25) is 0 Å². The number of hydrogen-bond acceptors (Lipinski definition) is 2. The zero-order valence-electron chi connectivity index (χ0n) is 10.5. The smallest absolute Gasteiger partial charge is 0.129 e. The molecule has 0 radical (unpaired) electrons. The Bertz CT molecular complexity index is 578. The maximum absolute atomic E-state index is 13.4. The van der Waals surface area contributed by atoms with Gasteiger partial charge in [-0.3, -0.25) is 0 Å². The third kappa shape index (κ3) is 3.42. The van der Waals surface area contributed by atoms with Crippen molar-refractivity contribution in [2.45, 2.75) is 6.61 Å². The summed E-state index contributed by atoms with van der Waals surface area (Å²) >= 11 is 0. The summed E-state index contributed by atoms with van der Waals surface area (Å²) in [6.45, 7) is 3.82. The molecule has 19 heavy (non-hydrogen) atoms. The lowest BCUT2D eigenvalue weighted by Crippen LogP contribution is -1.98. The first-order chi connectivity index (χ1) is 9.20. The molecular weight excluding hydrogens is 243 g/mol. The average molecular weight is 258 g/mol. The molecule has 3 heteroatoms. The molecule has 0 aliphatic carbocycles. The van der Waals surface area contributed by atoms with Crippen LogP contribution in [0.4, 0.5) is 4.39 Å². The maximum Gasteiger partial charge on any atom is 0.129 e. The van der Waals surface area contributed by atoms with Gasteiger partial charge in [0.05, 0.1) is 6.61 Å². The van der Waals surface area contributed by atoms with E-state index in [0.717, 1.165) is 5.56 Å². The highest BCUT2D eigenvalue weighted by atomic mass is 19.1. The van der Waals surface area contributed by atoms with Crippen LogP contribution in [0.1, 0.15) is 11.1 Å². The van der Waals surface area contributed by atoms with Crippen molar-refractivity contribution < 1.29 is 14.2 Å². The van der Waals surface area contributed by atoms with E-state index in [1.807, 2.05) is 12.1 Å². The van der Waals surface area contributed by atoms with E-state index in [0.29, 0.717) is 16.9 Å². The van der Waals surface area contributed by atoms with Gasteiger partial charge in [0.25, 0.3) is 0 Å². The molecule has 0 aliphatic heterocycles. The predicted molar refractivity (Wildman–Crippen MR) is 73.3 cm³/mol. The van der Waals surface area contributed by atoms with Crippen molar-refractivity contribution in [3.05, 3.63) is 72.1 Å². The van der Waals surface area contributed by atoms with E-state index in [-0.39, 0.29) is 19.0 Å². The lowest BCUT2D eigenvalue weighted by atomic mass is 10.1. The van der Waals surface area contributed by atoms with Crippen LogP contribution in [0.3, 0.4) is 0 Å². The quantitative estimate of drug-likeness (QED) is 0.890. The van der Waals surface area contributed by atoms with Gasteiger partial charge in [-0.15, -0.1) is 0 Å². The highest BCUT2D eigenvalue weighted by Crippen LogP contribution is 2.20. The predicted octanol–water partition coefficient (Wildman–Crippen LogP) is 3.41. The van der Waals surface area contributed by atoms with Gasteiger partial charge in [-0.1, -0.05) is 36.9 Å². The zero-order valence-corrected chi connectivity index (χ0v) is 10.5. The van der Waals surface area contributed by atoms with E-state index in [2.05, 4.69) is 6.58 Å². The molecule has 0 atom stereocenters. The van der Waals surface area contributed by atoms with Gasteiger partial charge in [0.1, 0.15) is 18.2 Å². The molecule has 0 bridgehead atoms. The van der Waals surface area contributed by atoms with E-state index in [1.165, 1.54) is 6.07 Å². The molecule has 0 aromatic heterocycles. The number of ether oxygens (including phenoxy) is 1. The van der Waals surface area contributed by atoms with Crippen LogP contribution in [0.2, 0.25) is 0 Å². The van der Waals surface area contributed by atoms with Crippen LogP contribution in [0, 0.1) is 5.82 Å². The van der Waals surface area contributed by atoms with Crippen LogP contribution < -0.4 is 4.74 Å². The fourth-order valence-corrected chi connectivity index (χ4v) is 1.67. The molecule has 2 aromatic rings. The molecule has 2 aromatic carbocycles. The van der Waals surface area contributed by atoms with Crippen LogP contribution in [0.15, 0.2) is 55.1 Å². The second-order valence-corrected chi connectivity index (χ2v) is 4.17. The summed E-state index contributed by atoms with van der Waals surface area (Å²) in [7, 11) is 0. The fraction of sp³-hybridized carbons (Fsp3) is 0.125. The Morgan fingerprint density at radius 2 is 1.95 bits per heavy atom. The minimum Gasteiger partial charge on any atom is -0.489 e. The number of hydrogen-bond donors (Lipinski definition) is 1. The molecular formula is C16H15FO2. The van der Waals surface area contributed by atoms with Crippen molar-refractivity contribution in [2.75, 3.05) is 6.61 Å². The van der Waals surface area contributed by atoms with Gasteiger partial charge >= 0.3 is 0 Å². The van der Waals surface area contributed by atoms with Gasteiger partial charge in [0, 0.05) is 5.56 Å². The number of aliphatic hydroxyl groups is 1. The molecule has 0 spiro atoms. The summed E-state index contributed by atoms with van der Waals surface area (Å²) in [5.41, 5.74) is 1.94. The summed E-state index contributed by atoms with van der Waals surface area (Å²) in [6, 6.07) is 13.7. The molecule has 0 saturated heterocycles. The average Bonchev–Trinajstić information content (AvgIpc) is 2.46. The molecule has 0 saturated carbocycles. The SMILES string of the molecule is C=C(CO)c1cccc(OCc2ccccc2F)c1. The molecule has 0 aliphatic rings. The summed E-state index contributed by atoms with van der Waals surface area (Å²) < 4.78 is 19.0. The minimum atomic E-state index is -0.279. The maximum atomic E-state index is 13.4. The van der Waals surface area contributed by atoms with Gasteiger partial charge < -0.3 is 9.84 Å². The highest BCUT2D eigenvalue weighted by molar-refractivity contribution is 5.65. The van der Waals surface area contributed by atoms with Crippen molar-refractivity contribution in [1.29, 1.82) is 0 Å². The summed E-state index contributed by atoms with van der Waals surface area (Å²) in [5, 5.41) is 9.03. The number of halogens is 1. The Kier molecular flexibility index (Phi) is 4.31. The molecule has 2 rings (SSSR count). The first-order valence-corrected chi connectivity index (χ1v) is 5.96. The number of rotatable bonds is 5. The van der Waals surface area contributed by atoms with Crippen molar-refractivity contribution in [1.82, 2.24) is 0 Å². The zero-order chi connectivity index (χ0) is 13.7. The number of benzene rings is 2. The van der Waals surface area contributed by atoms with Crippen molar-refractivity contribution in [2.24, 2.45) is 0 Å². The number of aliphatic hydroxyl groups excluding tert-OH is 1. The van der Waals surface area contributed by atoms with E-state index >= 15 is 0 Å². The molecule has 0 unspecified atom stereocenters. The van der Waals surface area contributed by atoms with Crippen LogP contribution >= 0.6 is 0 Å². The molecule has 98 valence electrons. The highest BCUT2D eigenvalue weighted by Gasteiger charge is 2.03. The standard InChI is InChI=1S/C16H15FO2/c1-12(10-18)13-6-4-7-15(9-13)19-11-14-5-2-3-8-16(14)17/h2-9,18H,1,10-11H2. The monoisotopic (exact) mass is 258 g/mol. The summed E-state index contributed by atoms with van der Waals surface area (Å²) in [4.78, 5) is 0. The second kappa shape index (κ2) is 6.16. The second-order valence-electron chi connectivity index (χ2n) is 4.17. The Morgan fingerprint density at radius 1 is 1.16 bits per heavy atom. The fourth-order valence-electron chi connectivity index (χ4n) is 1.67. The Hall–Kier alpha value is -2.13. The van der Waals surface area contributed by atoms with E-state index in [1.54, 1.807) is 30.3 Å². The Labute approximate surface area is 111 Å².